The number of aliphatic hydroxyl groups is 2. The van der Waals surface area contributed by atoms with Gasteiger partial charge in [0.25, 0.3) is 0 Å². The molecule has 0 aliphatic heterocycles. The largest absolute Gasteiger partial charge is 0.495 e. The molecule has 1 rings (SSSR count). The number of nitrogens with one attached hydrogen (secondary N) is 1. The van der Waals surface area contributed by atoms with Crippen molar-refractivity contribution in [2.24, 2.45) is 0 Å². The van der Waals surface area contributed by atoms with Crippen LogP contribution in [0.1, 0.15) is 18.1 Å². The quantitative estimate of drug-likeness (QED) is 0.680. The topological polar surface area (TPSA) is 85.5 Å². The van der Waals surface area contributed by atoms with Gasteiger partial charge < -0.3 is 20.3 Å². The van der Waals surface area contributed by atoms with Gasteiger partial charge in [0, 0.05) is 6.54 Å². The molecule has 1 aromatic carbocycles. The Kier molecular flexibility index (Phi) is 5.10. The van der Waals surface area contributed by atoms with Gasteiger partial charge in [0.05, 0.1) is 31.4 Å². The van der Waals surface area contributed by atoms with Crippen molar-refractivity contribution < 1.29 is 14.9 Å². The summed E-state index contributed by atoms with van der Waals surface area (Å²) in [6, 6.07) is 7.30. The van der Waals surface area contributed by atoms with E-state index in [1.807, 2.05) is 12.1 Å². The predicted octanol–water partition coefficient (Wildman–Crippen LogP) is 0.400. The zero-order chi connectivity index (χ0) is 13.6. The van der Waals surface area contributed by atoms with Crippen molar-refractivity contribution in [3.8, 4) is 11.8 Å². The molecule has 98 valence electrons. The smallest absolute Gasteiger partial charge is 0.136 e. The van der Waals surface area contributed by atoms with Gasteiger partial charge in [-0.25, -0.2) is 0 Å². The maximum atomic E-state index is 9.16. The van der Waals surface area contributed by atoms with Crippen molar-refractivity contribution in [2.45, 2.75) is 19.0 Å². The van der Waals surface area contributed by atoms with Gasteiger partial charge in [-0.2, -0.15) is 5.26 Å². The molecule has 0 aliphatic rings. The Morgan fingerprint density at radius 3 is 2.56 bits per heavy atom. The van der Waals surface area contributed by atoms with Crippen molar-refractivity contribution in [1.29, 1.82) is 5.26 Å². The first-order valence-corrected chi connectivity index (χ1v) is 5.62. The number of hydrogen-bond donors (Lipinski definition) is 3. The minimum absolute atomic E-state index is 0.156. The molecule has 0 aliphatic carbocycles. The van der Waals surface area contributed by atoms with Gasteiger partial charge in [0.15, 0.2) is 0 Å². The van der Waals surface area contributed by atoms with Gasteiger partial charge in [-0.3, -0.25) is 0 Å². The predicted molar refractivity (Wildman–Crippen MR) is 67.1 cm³/mol. The van der Waals surface area contributed by atoms with Crippen LogP contribution in [-0.2, 0) is 6.54 Å². The van der Waals surface area contributed by atoms with Gasteiger partial charge in [-0.05, 0) is 24.6 Å². The van der Waals surface area contributed by atoms with E-state index in [-0.39, 0.29) is 13.2 Å². The summed E-state index contributed by atoms with van der Waals surface area (Å²) in [5.74, 6) is 0.520. The summed E-state index contributed by atoms with van der Waals surface area (Å²) in [4.78, 5) is 0. The number of methoxy groups -OCH3 is 1. The van der Waals surface area contributed by atoms with E-state index in [4.69, 9.17) is 20.2 Å². The highest BCUT2D eigenvalue weighted by Gasteiger charge is 2.21. The fourth-order valence-electron chi connectivity index (χ4n) is 1.42. The van der Waals surface area contributed by atoms with Gasteiger partial charge in [0.2, 0.25) is 0 Å². The van der Waals surface area contributed by atoms with Crippen LogP contribution in [0.25, 0.3) is 0 Å². The minimum Gasteiger partial charge on any atom is -0.495 e. The first kappa shape index (κ1) is 14.5. The maximum absolute atomic E-state index is 9.16. The van der Waals surface area contributed by atoms with Crippen LogP contribution in [-0.4, -0.2) is 36.1 Å². The van der Waals surface area contributed by atoms with Gasteiger partial charge in [0.1, 0.15) is 11.8 Å². The maximum Gasteiger partial charge on any atom is 0.136 e. The monoisotopic (exact) mass is 250 g/mol. The van der Waals surface area contributed by atoms with Gasteiger partial charge >= 0.3 is 0 Å². The summed E-state index contributed by atoms with van der Waals surface area (Å²) in [7, 11) is 1.51. The van der Waals surface area contributed by atoms with Crippen LogP contribution in [0.15, 0.2) is 18.2 Å². The van der Waals surface area contributed by atoms with Crippen molar-refractivity contribution >= 4 is 0 Å². The molecule has 5 heteroatoms. The molecule has 0 radical (unpaired) electrons. The molecular formula is C13H18N2O3. The van der Waals surface area contributed by atoms with E-state index in [0.29, 0.717) is 17.9 Å². The van der Waals surface area contributed by atoms with Crippen molar-refractivity contribution in [1.82, 2.24) is 5.32 Å². The lowest BCUT2D eigenvalue weighted by atomic mass is 10.0. The van der Waals surface area contributed by atoms with Crippen LogP contribution < -0.4 is 10.1 Å². The third-order valence-electron chi connectivity index (χ3n) is 2.80. The van der Waals surface area contributed by atoms with Crippen LogP contribution in [0.3, 0.4) is 0 Å². The van der Waals surface area contributed by atoms with Crippen LogP contribution in [0.2, 0.25) is 0 Å². The summed E-state index contributed by atoms with van der Waals surface area (Å²) >= 11 is 0. The SMILES string of the molecule is COc1cc(CNC(C)(CO)CO)ccc1C#N. The molecule has 18 heavy (non-hydrogen) atoms. The second-order valence-electron chi connectivity index (χ2n) is 4.38. The van der Waals surface area contributed by atoms with E-state index in [1.54, 1.807) is 19.1 Å². The normalized spacial score (nSPS) is 11.1. The number of nitriles is 1. The molecule has 0 amide bonds. The first-order valence-electron chi connectivity index (χ1n) is 5.62. The molecule has 0 saturated carbocycles. The standard InChI is InChI=1S/C13H18N2O3/c1-13(8-16,9-17)15-7-10-3-4-11(6-14)12(5-10)18-2/h3-5,15-17H,7-9H2,1-2H3. The lowest BCUT2D eigenvalue weighted by Crippen LogP contribution is -2.48. The summed E-state index contributed by atoms with van der Waals surface area (Å²) in [6.07, 6.45) is 0. The summed E-state index contributed by atoms with van der Waals surface area (Å²) < 4.78 is 5.11. The average Bonchev–Trinajstić information content (AvgIpc) is 2.44. The van der Waals surface area contributed by atoms with Crippen LogP contribution >= 0.6 is 0 Å². The summed E-state index contributed by atoms with van der Waals surface area (Å²) in [5, 5.41) is 30.2. The van der Waals surface area contributed by atoms with E-state index in [9.17, 15) is 0 Å². The number of nitrogens with zero attached hydrogens (tertiary/aromatic N) is 1. The molecule has 0 spiro atoms. The molecule has 0 aromatic heterocycles. The zero-order valence-corrected chi connectivity index (χ0v) is 10.6. The Hall–Kier alpha value is -1.61. The lowest BCUT2D eigenvalue weighted by Gasteiger charge is -2.26. The molecule has 0 saturated heterocycles. The molecule has 0 unspecified atom stereocenters. The molecule has 3 N–H and O–H groups in total. The zero-order valence-electron chi connectivity index (χ0n) is 10.6. The van der Waals surface area contributed by atoms with Crippen LogP contribution in [0, 0.1) is 11.3 Å². The molecule has 0 atom stereocenters. The summed E-state index contributed by atoms with van der Waals surface area (Å²) in [5.41, 5.74) is 0.675. The number of hydrogen-bond acceptors (Lipinski definition) is 5. The van der Waals surface area contributed by atoms with Crippen LogP contribution in [0.5, 0.6) is 5.75 Å². The van der Waals surface area contributed by atoms with E-state index in [0.717, 1.165) is 5.56 Å². The van der Waals surface area contributed by atoms with E-state index in [2.05, 4.69) is 5.32 Å². The molecule has 0 bridgehead atoms. The fraction of sp³-hybridized carbons (Fsp3) is 0.462. The third-order valence-corrected chi connectivity index (χ3v) is 2.80. The molecular weight excluding hydrogens is 232 g/mol. The highest BCUT2D eigenvalue weighted by molar-refractivity contribution is 5.45. The Morgan fingerprint density at radius 2 is 2.06 bits per heavy atom. The minimum atomic E-state index is -0.721. The Balaban J connectivity index is 2.78. The summed E-state index contributed by atoms with van der Waals surface area (Å²) in [6.45, 7) is 1.89. The highest BCUT2D eigenvalue weighted by Crippen LogP contribution is 2.19. The van der Waals surface area contributed by atoms with Crippen molar-refractivity contribution in [3.63, 3.8) is 0 Å². The lowest BCUT2D eigenvalue weighted by molar-refractivity contribution is 0.103. The molecule has 5 nitrogen and oxygen atoms in total. The van der Waals surface area contributed by atoms with E-state index in [1.165, 1.54) is 7.11 Å². The Morgan fingerprint density at radius 1 is 1.39 bits per heavy atom. The van der Waals surface area contributed by atoms with Crippen molar-refractivity contribution in [2.75, 3.05) is 20.3 Å². The number of aliphatic hydroxyl groups excluding tert-OH is 2. The van der Waals surface area contributed by atoms with Gasteiger partial charge in [-0.15, -0.1) is 0 Å². The van der Waals surface area contributed by atoms with Crippen LogP contribution in [0.4, 0.5) is 0 Å². The second-order valence-corrected chi connectivity index (χ2v) is 4.38. The number of benzene rings is 1. The van der Waals surface area contributed by atoms with E-state index < -0.39 is 5.54 Å². The molecule has 0 heterocycles. The third kappa shape index (κ3) is 3.44. The number of ether oxygens (including phenoxy) is 1. The molecule has 0 fully saturated rings. The molecule has 1 aromatic rings. The van der Waals surface area contributed by atoms with Gasteiger partial charge in [-0.1, -0.05) is 6.07 Å². The number of rotatable bonds is 6. The average molecular weight is 250 g/mol. The fourth-order valence-corrected chi connectivity index (χ4v) is 1.42. The van der Waals surface area contributed by atoms with Crippen molar-refractivity contribution in [3.05, 3.63) is 29.3 Å². The highest BCUT2D eigenvalue weighted by atomic mass is 16.5. The second kappa shape index (κ2) is 6.36. The first-order chi connectivity index (χ1) is 8.58. The van der Waals surface area contributed by atoms with E-state index >= 15 is 0 Å². The Bertz CT molecular complexity index is 436. The Labute approximate surface area is 107 Å².